The molecule has 10 nitrogen and oxygen atoms in total. The average molecular weight is 422 g/mol. The third kappa shape index (κ3) is 3.88. The fourth-order valence-electron chi connectivity index (χ4n) is 4.11. The topological polar surface area (TPSA) is 113 Å². The molecule has 10 heteroatoms. The maximum Gasteiger partial charge on any atom is 0.267 e. The van der Waals surface area contributed by atoms with Gasteiger partial charge in [-0.3, -0.25) is 9.59 Å². The Morgan fingerprint density at radius 1 is 1.06 bits per heavy atom. The summed E-state index contributed by atoms with van der Waals surface area (Å²) in [6, 6.07) is 8.47. The van der Waals surface area contributed by atoms with Crippen molar-refractivity contribution in [2.75, 3.05) is 13.2 Å². The molecule has 0 radical (unpaired) electrons. The molecule has 0 spiro atoms. The molecular weight excluding hydrogens is 400 g/mol. The van der Waals surface area contributed by atoms with Crippen molar-refractivity contribution in [3.8, 4) is 17.3 Å². The molecule has 3 aromatic rings. The van der Waals surface area contributed by atoms with Crippen LogP contribution in [0.2, 0.25) is 0 Å². The number of carbonyl (C=O) groups is 1. The van der Waals surface area contributed by atoms with Crippen molar-refractivity contribution >= 4 is 5.91 Å². The van der Waals surface area contributed by atoms with Crippen LogP contribution >= 0.6 is 0 Å². The van der Waals surface area contributed by atoms with Gasteiger partial charge in [0.05, 0.1) is 11.6 Å². The number of amides is 1. The van der Waals surface area contributed by atoms with Gasteiger partial charge in [0, 0.05) is 12.1 Å². The fraction of sp³-hybridized carbons (Fsp3) is 0.381. The molecule has 1 aliphatic carbocycles. The number of para-hydroxylation sites is 1. The van der Waals surface area contributed by atoms with Crippen LogP contribution in [0.5, 0.6) is 11.5 Å². The highest BCUT2D eigenvalue weighted by Crippen LogP contribution is 2.34. The van der Waals surface area contributed by atoms with Crippen molar-refractivity contribution in [1.82, 2.24) is 29.9 Å². The predicted octanol–water partition coefficient (Wildman–Crippen LogP) is 1.51. The lowest BCUT2D eigenvalue weighted by molar-refractivity contribution is 0.0910. The number of hydrogen-bond acceptors (Lipinski definition) is 7. The quantitative estimate of drug-likeness (QED) is 0.678. The molecule has 1 aliphatic heterocycles. The number of benzene rings is 1. The van der Waals surface area contributed by atoms with Crippen LogP contribution in [0.1, 0.15) is 42.1 Å². The van der Waals surface area contributed by atoms with Gasteiger partial charge in [-0.15, -0.1) is 5.10 Å². The highest BCUT2D eigenvalue weighted by atomic mass is 16.6. The molecule has 0 unspecified atom stereocenters. The molecule has 1 N–H and O–H groups in total. The van der Waals surface area contributed by atoms with E-state index in [1.165, 1.54) is 21.8 Å². The van der Waals surface area contributed by atoms with E-state index in [4.69, 9.17) is 9.47 Å². The Balaban J connectivity index is 1.25. The van der Waals surface area contributed by atoms with Crippen LogP contribution in [0.25, 0.3) is 5.82 Å². The van der Waals surface area contributed by atoms with Gasteiger partial charge in [-0.05, 0) is 43.9 Å². The first kappa shape index (κ1) is 19.3. The van der Waals surface area contributed by atoms with Crippen molar-refractivity contribution in [1.29, 1.82) is 0 Å². The van der Waals surface area contributed by atoms with Gasteiger partial charge >= 0.3 is 0 Å². The summed E-state index contributed by atoms with van der Waals surface area (Å²) in [6.45, 7) is 0.908. The van der Waals surface area contributed by atoms with Crippen LogP contribution in [0.4, 0.5) is 0 Å². The Kier molecular flexibility index (Phi) is 5.11. The number of fused-ring (bicyclic) bond motifs is 1. The normalized spacial score (nSPS) is 20.3. The van der Waals surface area contributed by atoms with Crippen molar-refractivity contribution in [2.45, 2.75) is 37.8 Å². The molecule has 0 bridgehead atoms. The lowest BCUT2D eigenvalue weighted by atomic mass is 9.91. The molecule has 1 aromatic carbocycles. The SMILES string of the molecule is O=C(NC1CCC(n2nc(-n3cncn3)ccc2=O)CC1)c1cccc2c1OCCO2. The molecule has 3 heterocycles. The van der Waals surface area contributed by atoms with Crippen molar-refractivity contribution in [3.05, 3.63) is 58.9 Å². The van der Waals surface area contributed by atoms with E-state index in [9.17, 15) is 9.59 Å². The number of ether oxygens (including phenoxy) is 2. The van der Waals surface area contributed by atoms with Crippen LogP contribution in [-0.4, -0.2) is 49.7 Å². The van der Waals surface area contributed by atoms with Crippen LogP contribution in [0.15, 0.2) is 47.8 Å². The van der Waals surface area contributed by atoms with Crippen LogP contribution < -0.4 is 20.3 Å². The summed E-state index contributed by atoms with van der Waals surface area (Å²) in [5, 5.41) is 11.6. The third-order valence-corrected chi connectivity index (χ3v) is 5.65. The van der Waals surface area contributed by atoms with Crippen LogP contribution in [0, 0.1) is 0 Å². The van der Waals surface area contributed by atoms with Gasteiger partial charge in [-0.1, -0.05) is 6.07 Å². The summed E-state index contributed by atoms with van der Waals surface area (Å²) in [4.78, 5) is 29.1. The number of aromatic nitrogens is 5. The maximum absolute atomic E-state index is 12.8. The molecule has 0 atom stereocenters. The molecule has 5 rings (SSSR count). The van der Waals surface area contributed by atoms with Gasteiger partial charge in [-0.25, -0.2) is 14.3 Å². The first-order chi connectivity index (χ1) is 15.2. The van der Waals surface area contributed by atoms with Crippen molar-refractivity contribution in [3.63, 3.8) is 0 Å². The second-order valence-electron chi connectivity index (χ2n) is 7.62. The lowest BCUT2D eigenvalue weighted by Crippen LogP contribution is -2.40. The molecule has 0 saturated heterocycles. The number of nitrogens with one attached hydrogen (secondary N) is 1. The van der Waals surface area contributed by atoms with Crippen LogP contribution in [-0.2, 0) is 0 Å². The third-order valence-electron chi connectivity index (χ3n) is 5.65. The second kappa shape index (κ2) is 8.21. The van der Waals surface area contributed by atoms with Gasteiger partial charge in [0.15, 0.2) is 17.3 Å². The Morgan fingerprint density at radius 3 is 2.71 bits per heavy atom. The van der Waals surface area contributed by atoms with E-state index in [1.807, 2.05) is 0 Å². The Hall–Kier alpha value is -3.69. The van der Waals surface area contributed by atoms with Crippen molar-refractivity contribution in [2.24, 2.45) is 0 Å². The van der Waals surface area contributed by atoms with E-state index < -0.39 is 0 Å². The predicted molar refractivity (Wildman–Crippen MR) is 110 cm³/mol. The van der Waals surface area contributed by atoms with E-state index in [-0.39, 0.29) is 23.6 Å². The monoisotopic (exact) mass is 422 g/mol. The highest BCUT2D eigenvalue weighted by molar-refractivity contribution is 5.98. The molecule has 1 fully saturated rings. The second-order valence-corrected chi connectivity index (χ2v) is 7.62. The summed E-state index contributed by atoms with van der Waals surface area (Å²) in [7, 11) is 0. The minimum absolute atomic E-state index is 0.0228. The molecule has 2 aliphatic rings. The standard InChI is InChI=1S/C21H22N6O4/c28-19-9-8-18(26-13-22-12-23-26)25-27(19)15-6-4-14(5-7-15)24-21(29)16-2-1-3-17-20(16)31-11-10-30-17/h1-3,8-9,12-15H,4-7,10-11H2,(H,24,29). The Labute approximate surface area is 177 Å². The summed E-state index contributed by atoms with van der Waals surface area (Å²) >= 11 is 0. The Morgan fingerprint density at radius 2 is 1.90 bits per heavy atom. The molecule has 2 aromatic heterocycles. The number of rotatable bonds is 4. The van der Waals surface area contributed by atoms with Crippen LogP contribution in [0.3, 0.4) is 0 Å². The number of nitrogens with zero attached hydrogens (tertiary/aromatic N) is 5. The smallest absolute Gasteiger partial charge is 0.267 e. The summed E-state index contributed by atoms with van der Waals surface area (Å²) < 4.78 is 14.3. The minimum Gasteiger partial charge on any atom is -0.486 e. The molecule has 160 valence electrons. The first-order valence-corrected chi connectivity index (χ1v) is 10.3. The summed E-state index contributed by atoms with van der Waals surface area (Å²) in [6.07, 6.45) is 5.96. The summed E-state index contributed by atoms with van der Waals surface area (Å²) in [5.74, 6) is 1.47. The zero-order valence-electron chi connectivity index (χ0n) is 16.8. The number of hydrogen-bond donors (Lipinski definition) is 1. The zero-order chi connectivity index (χ0) is 21.2. The highest BCUT2D eigenvalue weighted by Gasteiger charge is 2.27. The van der Waals surface area contributed by atoms with E-state index in [2.05, 4.69) is 20.5 Å². The zero-order valence-corrected chi connectivity index (χ0v) is 16.8. The van der Waals surface area contributed by atoms with Gasteiger partial charge < -0.3 is 14.8 Å². The van der Waals surface area contributed by atoms with E-state index in [1.54, 1.807) is 30.6 Å². The molecular formula is C21H22N6O4. The van der Waals surface area contributed by atoms with E-state index in [0.29, 0.717) is 36.1 Å². The van der Waals surface area contributed by atoms with Gasteiger partial charge in [-0.2, -0.15) is 5.10 Å². The van der Waals surface area contributed by atoms with Crippen molar-refractivity contribution < 1.29 is 14.3 Å². The van der Waals surface area contributed by atoms with Gasteiger partial charge in [0.2, 0.25) is 0 Å². The summed E-state index contributed by atoms with van der Waals surface area (Å²) in [5.41, 5.74) is 0.335. The van der Waals surface area contributed by atoms with E-state index >= 15 is 0 Å². The molecule has 1 amide bonds. The minimum atomic E-state index is -0.172. The molecule has 31 heavy (non-hydrogen) atoms. The average Bonchev–Trinajstić information content (AvgIpc) is 3.35. The maximum atomic E-state index is 12.8. The first-order valence-electron chi connectivity index (χ1n) is 10.3. The van der Waals surface area contributed by atoms with Gasteiger partial charge in [0.1, 0.15) is 25.9 Å². The van der Waals surface area contributed by atoms with E-state index in [0.717, 1.165) is 25.7 Å². The fourth-order valence-corrected chi connectivity index (χ4v) is 4.11. The van der Waals surface area contributed by atoms with Gasteiger partial charge in [0.25, 0.3) is 11.5 Å². The molecule has 1 saturated carbocycles. The largest absolute Gasteiger partial charge is 0.486 e. The number of carbonyl (C=O) groups excluding carboxylic acids is 1. The Bertz CT molecular complexity index is 1140. The lowest BCUT2D eigenvalue weighted by Gasteiger charge is -2.30.